The topological polar surface area (TPSA) is 33.5 Å². The van der Waals surface area contributed by atoms with Crippen LogP contribution in [0.5, 0.6) is 0 Å². The second kappa shape index (κ2) is 6.91. The molecule has 102 valence electrons. The van der Waals surface area contributed by atoms with Crippen LogP contribution in [0, 0.1) is 0 Å². The number of thiocarbonyl (C=S) groups is 1. The molecule has 3 nitrogen and oxygen atoms in total. The number of hydrogen-bond acceptors (Lipinski definition) is 4. The molecule has 1 aliphatic rings. The number of unbranched alkanes of at least 4 members (excludes halogenated alkanes) is 3. The fraction of sp³-hybridized carbons (Fsp3) is 0.429. The Hall–Kier alpha value is -1.07. The van der Waals surface area contributed by atoms with Crippen LogP contribution in [-0.2, 0) is 4.79 Å². The summed E-state index contributed by atoms with van der Waals surface area (Å²) in [5.41, 5.74) is 0. The van der Waals surface area contributed by atoms with Gasteiger partial charge in [0.2, 0.25) is 0 Å². The number of furan rings is 1. The van der Waals surface area contributed by atoms with E-state index in [1.165, 1.54) is 24.6 Å². The van der Waals surface area contributed by atoms with Gasteiger partial charge in [-0.15, -0.1) is 0 Å². The van der Waals surface area contributed by atoms with E-state index in [-0.39, 0.29) is 5.91 Å². The van der Waals surface area contributed by atoms with Gasteiger partial charge in [0, 0.05) is 12.6 Å². The molecule has 0 N–H and O–H groups in total. The van der Waals surface area contributed by atoms with E-state index >= 15 is 0 Å². The minimum absolute atomic E-state index is 0.00268. The number of carbonyl (C=O) groups is 1. The van der Waals surface area contributed by atoms with E-state index in [0.717, 1.165) is 19.4 Å². The monoisotopic (exact) mass is 295 g/mol. The number of rotatable bonds is 6. The minimum Gasteiger partial charge on any atom is -0.465 e. The maximum Gasteiger partial charge on any atom is 0.266 e. The van der Waals surface area contributed by atoms with Gasteiger partial charge in [-0.1, -0.05) is 50.2 Å². The number of thioether (sulfide) groups is 1. The zero-order chi connectivity index (χ0) is 13.7. The Morgan fingerprint density at radius 2 is 2.26 bits per heavy atom. The molecule has 0 atom stereocenters. The van der Waals surface area contributed by atoms with Gasteiger partial charge >= 0.3 is 0 Å². The Kier molecular flexibility index (Phi) is 5.22. The zero-order valence-electron chi connectivity index (χ0n) is 10.9. The van der Waals surface area contributed by atoms with Gasteiger partial charge in [0.05, 0.1) is 11.2 Å². The fourth-order valence-corrected chi connectivity index (χ4v) is 3.18. The average Bonchev–Trinajstić information content (AvgIpc) is 2.98. The number of hydrogen-bond donors (Lipinski definition) is 0. The second-order valence-corrected chi connectivity index (χ2v) is 6.09. The van der Waals surface area contributed by atoms with Crippen LogP contribution in [0.25, 0.3) is 6.08 Å². The molecule has 1 saturated heterocycles. The second-order valence-electron chi connectivity index (χ2n) is 4.41. The van der Waals surface area contributed by atoms with Crippen LogP contribution >= 0.6 is 24.0 Å². The van der Waals surface area contributed by atoms with E-state index in [0.29, 0.717) is 15.0 Å². The van der Waals surface area contributed by atoms with Crippen molar-refractivity contribution in [3.63, 3.8) is 0 Å². The summed E-state index contributed by atoms with van der Waals surface area (Å²) in [6.45, 7) is 2.89. The lowest BCUT2D eigenvalue weighted by Crippen LogP contribution is -2.28. The lowest BCUT2D eigenvalue weighted by Gasteiger charge is -2.13. The molecule has 0 saturated carbocycles. The Bertz CT molecular complexity index is 480. The molecule has 1 fully saturated rings. The Balaban J connectivity index is 1.96. The zero-order valence-corrected chi connectivity index (χ0v) is 12.6. The number of amides is 1. The molecule has 1 aromatic heterocycles. The standard InChI is InChI=1S/C14H17NO2S2/c1-2-3-4-5-8-15-13(16)12(19-14(15)18)10-11-7-6-9-17-11/h6-7,9-10H,2-5,8H2,1H3. The first kappa shape index (κ1) is 14.3. The molecule has 0 spiro atoms. The van der Waals surface area contributed by atoms with Crippen LogP contribution in [0.4, 0.5) is 0 Å². The molecule has 2 heterocycles. The van der Waals surface area contributed by atoms with E-state index in [1.54, 1.807) is 23.3 Å². The molecule has 1 amide bonds. The average molecular weight is 295 g/mol. The van der Waals surface area contributed by atoms with Crippen molar-refractivity contribution in [3.8, 4) is 0 Å². The van der Waals surface area contributed by atoms with Gasteiger partial charge in [0.25, 0.3) is 5.91 Å². The van der Waals surface area contributed by atoms with Crippen LogP contribution in [0.15, 0.2) is 27.7 Å². The van der Waals surface area contributed by atoms with Crippen molar-refractivity contribution in [2.75, 3.05) is 6.54 Å². The van der Waals surface area contributed by atoms with Crippen LogP contribution in [-0.4, -0.2) is 21.7 Å². The number of carbonyl (C=O) groups excluding carboxylic acids is 1. The third-order valence-corrected chi connectivity index (χ3v) is 4.30. The summed E-state index contributed by atoms with van der Waals surface area (Å²) >= 11 is 6.62. The molecule has 0 unspecified atom stereocenters. The highest BCUT2D eigenvalue weighted by molar-refractivity contribution is 8.26. The molecule has 2 rings (SSSR count). The summed E-state index contributed by atoms with van der Waals surface area (Å²) in [5.74, 6) is 0.689. The van der Waals surface area contributed by atoms with Crippen LogP contribution in [0.3, 0.4) is 0 Å². The first-order chi connectivity index (χ1) is 9.22. The van der Waals surface area contributed by atoms with Gasteiger partial charge in [-0.05, 0) is 18.6 Å². The third-order valence-electron chi connectivity index (χ3n) is 2.93. The molecule has 1 aromatic rings. The highest BCUT2D eigenvalue weighted by atomic mass is 32.2. The predicted octanol–water partition coefficient (Wildman–Crippen LogP) is 4.06. The Morgan fingerprint density at radius 1 is 1.42 bits per heavy atom. The highest BCUT2D eigenvalue weighted by Gasteiger charge is 2.31. The quantitative estimate of drug-likeness (QED) is 0.450. The van der Waals surface area contributed by atoms with Crippen molar-refractivity contribution in [1.29, 1.82) is 0 Å². The van der Waals surface area contributed by atoms with E-state index in [2.05, 4.69) is 6.92 Å². The smallest absolute Gasteiger partial charge is 0.266 e. The molecule has 1 aliphatic heterocycles. The van der Waals surface area contributed by atoms with Gasteiger partial charge in [-0.2, -0.15) is 0 Å². The Labute approximate surface area is 123 Å². The minimum atomic E-state index is 0.00268. The molecular weight excluding hydrogens is 278 g/mol. The molecule has 0 aliphatic carbocycles. The maximum atomic E-state index is 12.2. The summed E-state index contributed by atoms with van der Waals surface area (Å²) in [4.78, 5) is 14.6. The summed E-state index contributed by atoms with van der Waals surface area (Å²) in [5, 5.41) is 0. The molecule has 0 radical (unpaired) electrons. The molecule has 19 heavy (non-hydrogen) atoms. The van der Waals surface area contributed by atoms with Gasteiger partial charge in [0.15, 0.2) is 0 Å². The predicted molar refractivity (Wildman–Crippen MR) is 82.7 cm³/mol. The van der Waals surface area contributed by atoms with Crippen molar-refractivity contribution in [1.82, 2.24) is 4.90 Å². The highest BCUT2D eigenvalue weighted by Crippen LogP contribution is 2.32. The Morgan fingerprint density at radius 3 is 2.95 bits per heavy atom. The summed E-state index contributed by atoms with van der Waals surface area (Å²) in [6, 6.07) is 3.63. The number of nitrogens with zero attached hydrogens (tertiary/aromatic N) is 1. The summed E-state index contributed by atoms with van der Waals surface area (Å²) < 4.78 is 5.88. The van der Waals surface area contributed by atoms with E-state index in [1.807, 2.05) is 6.07 Å². The van der Waals surface area contributed by atoms with Crippen LogP contribution in [0.1, 0.15) is 38.4 Å². The van der Waals surface area contributed by atoms with Crippen molar-refractivity contribution >= 4 is 40.3 Å². The van der Waals surface area contributed by atoms with E-state index in [4.69, 9.17) is 16.6 Å². The lowest BCUT2D eigenvalue weighted by molar-refractivity contribution is -0.122. The van der Waals surface area contributed by atoms with E-state index < -0.39 is 0 Å². The van der Waals surface area contributed by atoms with Crippen molar-refractivity contribution < 1.29 is 9.21 Å². The van der Waals surface area contributed by atoms with Gasteiger partial charge in [-0.25, -0.2) is 0 Å². The molecule has 0 bridgehead atoms. The first-order valence-corrected chi connectivity index (χ1v) is 7.73. The first-order valence-electron chi connectivity index (χ1n) is 6.51. The lowest BCUT2D eigenvalue weighted by atomic mass is 10.2. The fourth-order valence-electron chi connectivity index (χ4n) is 1.89. The van der Waals surface area contributed by atoms with Crippen molar-refractivity contribution in [3.05, 3.63) is 29.1 Å². The summed E-state index contributed by atoms with van der Waals surface area (Å²) in [7, 11) is 0. The molecule has 5 heteroatoms. The van der Waals surface area contributed by atoms with Gasteiger partial charge in [0.1, 0.15) is 10.1 Å². The SMILES string of the molecule is CCCCCCN1C(=O)C(=Cc2ccco2)SC1=S. The van der Waals surface area contributed by atoms with Gasteiger partial charge < -0.3 is 4.42 Å². The summed E-state index contributed by atoms with van der Waals surface area (Å²) in [6.07, 6.45) is 7.90. The van der Waals surface area contributed by atoms with E-state index in [9.17, 15) is 4.79 Å². The maximum absolute atomic E-state index is 12.2. The molecular formula is C14H17NO2S2. The van der Waals surface area contributed by atoms with Crippen molar-refractivity contribution in [2.24, 2.45) is 0 Å². The van der Waals surface area contributed by atoms with Gasteiger partial charge in [-0.3, -0.25) is 9.69 Å². The normalized spacial score (nSPS) is 17.7. The van der Waals surface area contributed by atoms with Crippen LogP contribution < -0.4 is 0 Å². The van der Waals surface area contributed by atoms with Crippen molar-refractivity contribution in [2.45, 2.75) is 32.6 Å². The largest absolute Gasteiger partial charge is 0.465 e. The molecule has 0 aromatic carbocycles. The third kappa shape index (κ3) is 3.70. The van der Waals surface area contributed by atoms with Crippen LogP contribution in [0.2, 0.25) is 0 Å².